The minimum absolute atomic E-state index is 0.125. The highest BCUT2D eigenvalue weighted by Crippen LogP contribution is 2.58. The molecule has 166 valence electrons. The summed E-state index contributed by atoms with van der Waals surface area (Å²) >= 11 is 0. The third-order valence-corrected chi connectivity index (χ3v) is 8.76. The van der Waals surface area contributed by atoms with Gasteiger partial charge in [-0.1, -0.05) is 26.7 Å². The molecule has 14 heteroatoms. The van der Waals surface area contributed by atoms with Gasteiger partial charge in [-0.25, -0.2) is 3.63 Å². The molecule has 0 unspecified atom stereocenters. The van der Waals surface area contributed by atoms with Gasteiger partial charge in [0.05, 0.1) is 0 Å². The maximum absolute atomic E-state index is 13.8. The lowest BCUT2D eigenvalue weighted by Crippen LogP contribution is -2.63. The quantitative estimate of drug-likeness (QED) is 0.371. The van der Waals surface area contributed by atoms with Crippen molar-refractivity contribution in [2.75, 3.05) is 17.8 Å². The van der Waals surface area contributed by atoms with E-state index in [1.165, 1.54) is 0 Å². The molecule has 0 saturated heterocycles. The van der Waals surface area contributed by atoms with Crippen LogP contribution in [0.25, 0.3) is 0 Å². The molecule has 3 nitrogen and oxygen atoms in total. The Morgan fingerprint density at radius 3 is 1.41 bits per heavy atom. The van der Waals surface area contributed by atoms with Crippen LogP contribution in [0.3, 0.4) is 0 Å². The number of halogens is 9. The molecular formula is C13H21F9O3S2. The van der Waals surface area contributed by atoms with E-state index < -0.39 is 43.7 Å². The lowest BCUT2D eigenvalue weighted by Gasteiger charge is -2.38. The summed E-state index contributed by atoms with van der Waals surface area (Å²) in [6, 6.07) is 0. The zero-order valence-corrected chi connectivity index (χ0v) is 16.3. The second-order valence-electron chi connectivity index (χ2n) is 5.98. The Hall–Kier alpha value is -0.370. The number of alkyl halides is 9. The van der Waals surface area contributed by atoms with E-state index in [4.69, 9.17) is 0 Å². The zero-order chi connectivity index (χ0) is 21.9. The maximum Gasteiger partial charge on any atom is 0.460 e. The molecule has 0 aliphatic rings. The predicted molar refractivity (Wildman–Crippen MR) is 84.0 cm³/mol. The SMILES string of the molecule is CCCCS(C)(CCCC)OS(=O)(=O)C(F)(F)C(F)(F)C(F)(F)C(F)(F)F. The molecule has 0 aromatic carbocycles. The number of hydrogen-bond acceptors (Lipinski definition) is 3. The van der Waals surface area contributed by atoms with Gasteiger partial charge in [0.2, 0.25) is 0 Å². The number of rotatable bonds is 11. The summed E-state index contributed by atoms with van der Waals surface area (Å²) in [7, 11) is -9.78. The summed E-state index contributed by atoms with van der Waals surface area (Å²) in [5.74, 6) is -14.8. The Balaban J connectivity index is 6.01. The van der Waals surface area contributed by atoms with Gasteiger partial charge in [0.1, 0.15) is 0 Å². The molecule has 0 rings (SSSR count). The van der Waals surface area contributed by atoms with Crippen molar-refractivity contribution in [2.24, 2.45) is 0 Å². The van der Waals surface area contributed by atoms with Crippen LogP contribution in [0.4, 0.5) is 39.5 Å². The molecule has 0 radical (unpaired) electrons. The van der Waals surface area contributed by atoms with E-state index in [0.29, 0.717) is 12.8 Å². The minimum atomic E-state index is -7.29. The molecule has 0 heterocycles. The van der Waals surface area contributed by atoms with Crippen molar-refractivity contribution in [3.63, 3.8) is 0 Å². The summed E-state index contributed by atoms with van der Waals surface area (Å²) in [5.41, 5.74) is 0. The molecule has 0 N–H and O–H groups in total. The monoisotopic (exact) mass is 460 g/mol. The van der Waals surface area contributed by atoms with Crippen LogP contribution in [0.5, 0.6) is 0 Å². The normalized spacial score (nSPS) is 15.9. The van der Waals surface area contributed by atoms with E-state index in [0.717, 1.165) is 6.26 Å². The van der Waals surface area contributed by atoms with Gasteiger partial charge in [0.25, 0.3) is 0 Å². The summed E-state index contributed by atoms with van der Waals surface area (Å²) in [6.07, 6.45) is -4.60. The molecular weight excluding hydrogens is 439 g/mol. The standard InChI is InChI=1S/C13H21F9O3S2/c1-4-6-8-26(3,9-7-5-2)25-27(23,24)13(21,22)11(16,17)10(14,15)12(18,19)20/h4-9H2,1-3H3. The van der Waals surface area contributed by atoms with Crippen molar-refractivity contribution >= 4 is 20.4 Å². The molecule has 0 aliphatic heterocycles. The molecule has 0 saturated carbocycles. The molecule has 0 spiro atoms. The average Bonchev–Trinajstić information content (AvgIpc) is 2.49. The highest BCUT2D eigenvalue weighted by Gasteiger charge is 2.86. The molecule has 0 amide bonds. The Labute approximate surface area is 153 Å². The smallest absolute Gasteiger partial charge is 0.215 e. The van der Waals surface area contributed by atoms with Crippen molar-refractivity contribution < 1.29 is 51.6 Å². The fraction of sp³-hybridized carbons (Fsp3) is 1.00. The van der Waals surface area contributed by atoms with Gasteiger partial charge in [0.15, 0.2) is 0 Å². The van der Waals surface area contributed by atoms with Crippen LogP contribution in [-0.4, -0.2) is 49.5 Å². The Morgan fingerprint density at radius 2 is 1.11 bits per heavy atom. The highest BCUT2D eigenvalue weighted by atomic mass is 32.3. The van der Waals surface area contributed by atoms with Crippen LogP contribution in [0.1, 0.15) is 39.5 Å². The van der Waals surface area contributed by atoms with Gasteiger partial charge in [0, 0.05) is 11.5 Å². The second-order valence-corrected chi connectivity index (χ2v) is 11.1. The van der Waals surface area contributed by atoms with Crippen LogP contribution in [0.15, 0.2) is 0 Å². The van der Waals surface area contributed by atoms with Crippen molar-refractivity contribution in [3.8, 4) is 0 Å². The van der Waals surface area contributed by atoms with E-state index in [2.05, 4.69) is 3.63 Å². The molecule has 0 aromatic rings. The third kappa shape index (κ3) is 5.37. The number of hydrogen-bond donors (Lipinski definition) is 0. The van der Waals surface area contributed by atoms with Crippen LogP contribution in [0, 0.1) is 0 Å². The Morgan fingerprint density at radius 1 is 0.741 bits per heavy atom. The first-order valence-electron chi connectivity index (χ1n) is 7.72. The largest absolute Gasteiger partial charge is 0.460 e. The van der Waals surface area contributed by atoms with E-state index in [1.54, 1.807) is 13.8 Å². The lowest BCUT2D eigenvalue weighted by atomic mass is 10.1. The zero-order valence-electron chi connectivity index (χ0n) is 14.7. The third-order valence-electron chi connectivity index (χ3n) is 3.54. The lowest BCUT2D eigenvalue weighted by molar-refractivity contribution is -0.382. The molecule has 0 bridgehead atoms. The van der Waals surface area contributed by atoms with Crippen molar-refractivity contribution in [2.45, 2.75) is 62.8 Å². The van der Waals surface area contributed by atoms with Crippen LogP contribution in [0.2, 0.25) is 0 Å². The van der Waals surface area contributed by atoms with E-state index in [-0.39, 0.29) is 24.3 Å². The summed E-state index contributed by atoms with van der Waals surface area (Å²) in [6.45, 7) is 3.31. The topological polar surface area (TPSA) is 43.4 Å². The number of unbranched alkanes of at least 4 members (excludes halogenated alkanes) is 2. The highest BCUT2D eigenvalue weighted by molar-refractivity contribution is 8.32. The van der Waals surface area contributed by atoms with Crippen molar-refractivity contribution in [1.82, 2.24) is 0 Å². The van der Waals surface area contributed by atoms with E-state index in [9.17, 15) is 47.9 Å². The van der Waals surface area contributed by atoms with Crippen LogP contribution >= 0.6 is 10.3 Å². The first-order valence-corrected chi connectivity index (χ1v) is 11.4. The van der Waals surface area contributed by atoms with Crippen molar-refractivity contribution in [3.05, 3.63) is 0 Å². The molecule has 0 fully saturated rings. The van der Waals surface area contributed by atoms with Gasteiger partial charge < -0.3 is 0 Å². The fourth-order valence-corrected chi connectivity index (χ4v) is 6.91. The minimum Gasteiger partial charge on any atom is -0.215 e. The first kappa shape index (κ1) is 26.6. The van der Waals surface area contributed by atoms with Gasteiger partial charge in [-0.2, -0.15) is 47.9 Å². The van der Waals surface area contributed by atoms with Crippen LogP contribution in [-0.2, 0) is 13.7 Å². The summed E-state index contributed by atoms with van der Waals surface area (Å²) in [5, 5.41) is -6.80. The first-order chi connectivity index (χ1) is 11.8. The van der Waals surface area contributed by atoms with E-state index >= 15 is 0 Å². The van der Waals surface area contributed by atoms with Crippen LogP contribution < -0.4 is 0 Å². The molecule has 0 aliphatic carbocycles. The van der Waals surface area contributed by atoms with Gasteiger partial charge in [-0.3, -0.25) is 0 Å². The van der Waals surface area contributed by atoms with Gasteiger partial charge in [-0.15, -0.1) is 10.3 Å². The van der Waals surface area contributed by atoms with Crippen molar-refractivity contribution in [1.29, 1.82) is 0 Å². The van der Waals surface area contributed by atoms with Gasteiger partial charge in [-0.05, 0) is 19.1 Å². The van der Waals surface area contributed by atoms with Gasteiger partial charge >= 0.3 is 33.4 Å². The molecule has 27 heavy (non-hydrogen) atoms. The molecule has 0 atom stereocenters. The molecule has 0 aromatic heterocycles. The summed E-state index contributed by atoms with van der Waals surface area (Å²) in [4.78, 5) is 0. The fourth-order valence-electron chi connectivity index (χ4n) is 1.85. The Bertz CT molecular complexity index is 580. The Kier molecular flexibility index (Phi) is 8.44. The maximum atomic E-state index is 13.8. The summed E-state index contributed by atoms with van der Waals surface area (Å²) < 4.78 is 144. The van der Waals surface area contributed by atoms with E-state index in [1.807, 2.05) is 0 Å². The average molecular weight is 460 g/mol. The predicted octanol–water partition coefficient (Wildman–Crippen LogP) is 5.71. The second kappa shape index (κ2) is 8.56.